The summed E-state index contributed by atoms with van der Waals surface area (Å²) in [5, 5.41) is 7.19. The quantitative estimate of drug-likeness (QED) is 0.759. The Balaban J connectivity index is 1.46. The van der Waals surface area contributed by atoms with E-state index in [-0.39, 0.29) is 5.91 Å². The predicted octanol–water partition coefficient (Wildman–Crippen LogP) is 3.08. The molecule has 0 saturated heterocycles. The van der Waals surface area contributed by atoms with Crippen LogP contribution in [0.5, 0.6) is 0 Å². The minimum Gasteiger partial charge on any atom is -0.355 e. The van der Waals surface area contributed by atoms with Gasteiger partial charge < -0.3 is 5.32 Å². The van der Waals surface area contributed by atoms with Crippen molar-refractivity contribution in [2.24, 2.45) is 0 Å². The molecule has 0 bridgehead atoms. The van der Waals surface area contributed by atoms with Gasteiger partial charge in [-0.15, -0.1) is 0 Å². The van der Waals surface area contributed by atoms with Crippen molar-refractivity contribution in [1.82, 2.24) is 15.1 Å². The number of carbonyl (C=O) groups is 1. The van der Waals surface area contributed by atoms with Crippen LogP contribution in [-0.4, -0.2) is 22.2 Å². The number of carbonyl (C=O) groups excluding carboxylic acids is 1. The predicted molar refractivity (Wildman–Crippen MR) is 95.2 cm³/mol. The van der Waals surface area contributed by atoms with Crippen LogP contribution in [0.2, 0.25) is 0 Å². The summed E-state index contributed by atoms with van der Waals surface area (Å²) in [5.74, 6) is 0.0621. The molecule has 0 saturated carbocycles. The molecule has 0 aliphatic rings. The zero-order valence-corrected chi connectivity index (χ0v) is 13.8. The molecule has 1 heterocycles. The molecule has 0 radical (unpaired) electrons. The molecule has 0 unspecified atom stereocenters. The molecule has 3 rings (SSSR count). The third-order valence-corrected chi connectivity index (χ3v) is 3.93. The van der Waals surface area contributed by atoms with E-state index in [2.05, 4.69) is 22.5 Å². The lowest BCUT2D eigenvalue weighted by Gasteiger charge is -2.07. The lowest BCUT2D eigenvalue weighted by atomic mass is 10.1. The summed E-state index contributed by atoms with van der Waals surface area (Å²) in [7, 11) is 0. The molecule has 2 aromatic carbocycles. The van der Waals surface area contributed by atoms with Gasteiger partial charge in [0.25, 0.3) is 0 Å². The van der Waals surface area contributed by atoms with E-state index in [1.165, 1.54) is 11.1 Å². The minimum atomic E-state index is 0.0621. The summed E-state index contributed by atoms with van der Waals surface area (Å²) >= 11 is 0. The number of amides is 1. The maximum atomic E-state index is 12.0. The monoisotopic (exact) mass is 319 g/mol. The largest absolute Gasteiger partial charge is 0.355 e. The minimum absolute atomic E-state index is 0.0621. The van der Waals surface area contributed by atoms with Gasteiger partial charge in [0.2, 0.25) is 5.91 Å². The molecule has 0 aliphatic heterocycles. The second-order valence-electron chi connectivity index (χ2n) is 5.88. The normalized spacial score (nSPS) is 10.5. The Kier molecular flexibility index (Phi) is 5.06. The van der Waals surface area contributed by atoms with Crippen LogP contribution < -0.4 is 5.32 Å². The number of aromatic nitrogens is 2. The fourth-order valence-electron chi connectivity index (χ4n) is 2.54. The van der Waals surface area contributed by atoms with Gasteiger partial charge in [-0.3, -0.25) is 4.79 Å². The van der Waals surface area contributed by atoms with Gasteiger partial charge in [-0.2, -0.15) is 5.10 Å². The Morgan fingerprint density at radius 1 is 1.04 bits per heavy atom. The van der Waals surface area contributed by atoms with E-state index in [0.717, 1.165) is 17.7 Å². The summed E-state index contributed by atoms with van der Waals surface area (Å²) in [6.45, 7) is 2.69. The summed E-state index contributed by atoms with van der Waals surface area (Å²) in [6, 6.07) is 18.2. The molecule has 3 aromatic rings. The number of hydrogen-bond donors (Lipinski definition) is 1. The number of rotatable bonds is 6. The van der Waals surface area contributed by atoms with Gasteiger partial charge in [0.1, 0.15) is 0 Å². The second-order valence-corrected chi connectivity index (χ2v) is 5.88. The summed E-state index contributed by atoms with van der Waals surface area (Å²) in [5.41, 5.74) is 4.48. The van der Waals surface area contributed by atoms with Crippen LogP contribution in [0.1, 0.15) is 16.7 Å². The fraction of sp³-hybridized carbons (Fsp3) is 0.200. The third kappa shape index (κ3) is 4.32. The lowest BCUT2D eigenvalue weighted by Crippen LogP contribution is -2.27. The Bertz CT molecular complexity index is 775. The molecule has 1 amide bonds. The van der Waals surface area contributed by atoms with Crippen molar-refractivity contribution in [2.45, 2.75) is 19.8 Å². The van der Waals surface area contributed by atoms with E-state index in [9.17, 15) is 4.79 Å². The first kappa shape index (κ1) is 16.0. The van der Waals surface area contributed by atoms with Crippen LogP contribution in [-0.2, 0) is 17.6 Å². The number of nitrogens with zero attached hydrogens (tertiary/aromatic N) is 2. The molecular weight excluding hydrogens is 298 g/mol. The van der Waals surface area contributed by atoms with E-state index in [1.807, 2.05) is 60.3 Å². The molecule has 0 spiro atoms. The third-order valence-electron chi connectivity index (χ3n) is 3.93. The highest BCUT2D eigenvalue weighted by atomic mass is 16.1. The summed E-state index contributed by atoms with van der Waals surface area (Å²) in [4.78, 5) is 12.0. The van der Waals surface area contributed by atoms with Gasteiger partial charge in [-0.1, -0.05) is 42.0 Å². The average Bonchev–Trinajstić information content (AvgIpc) is 3.12. The van der Waals surface area contributed by atoms with E-state index in [1.54, 1.807) is 6.20 Å². The molecule has 0 aliphatic carbocycles. The van der Waals surface area contributed by atoms with Gasteiger partial charge in [-0.05, 0) is 42.7 Å². The van der Waals surface area contributed by atoms with E-state index >= 15 is 0 Å². The first-order chi connectivity index (χ1) is 11.7. The van der Waals surface area contributed by atoms with Crippen LogP contribution in [0.15, 0.2) is 67.0 Å². The molecule has 0 fully saturated rings. The smallest absolute Gasteiger partial charge is 0.224 e. The zero-order chi connectivity index (χ0) is 16.8. The molecule has 1 N–H and O–H groups in total. The first-order valence-electron chi connectivity index (χ1n) is 8.12. The van der Waals surface area contributed by atoms with Crippen molar-refractivity contribution >= 4 is 5.91 Å². The second kappa shape index (κ2) is 7.59. The van der Waals surface area contributed by atoms with Crippen LogP contribution in [0.25, 0.3) is 5.69 Å². The van der Waals surface area contributed by atoms with Crippen LogP contribution in [0.3, 0.4) is 0 Å². The molecule has 122 valence electrons. The first-order valence-corrected chi connectivity index (χ1v) is 8.12. The molecule has 24 heavy (non-hydrogen) atoms. The van der Waals surface area contributed by atoms with Crippen LogP contribution >= 0.6 is 0 Å². The number of nitrogens with one attached hydrogen (secondary N) is 1. The Hall–Kier alpha value is -2.88. The Morgan fingerprint density at radius 3 is 2.42 bits per heavy atom. The van der Waals surface area contributed by atoms with Gasteiger partial charge in [0, 0.05) is 18.9 Å². The Labute approximate surface area is 142 Å². The van der Waals surface area contributed by atoms with Crippen LogP contribution in [0.4, 0.5) is 0 Å². The average molecular weight is 319 g/mol. The summed E-state index contributed by atoms with van der Waals surface area (Å²) in [6.07, 6.45) is 4.93. The molecular formula is C20H21N3O. The van der Waals surface area contributed by atoms with Gasteiger partial charge in [0.15, 0.2) is 0 Å². The molecule has 1 aromatic heterocycles. The molecule has 4 heteroatoms. The number of benzene rings is 2. The molecule has 4 nitrogen and oxygen atoms in total. The highest BCUT2D eigenvalue weighted by Gasteiger charge is 2.03. The van der Waals surface area contributed by atoms with Crippen molar-refractivity contribution < 1.29 is 4.79 Å². The van der Waals surface area contributed by atoms with Gasteiger partial charge >= 0.3 is 0 Å². The zero-order valence-electron chi connectivity index (χ0n) is 13.8. The molecule has 0 atom stereocenters. The fourth-order valence-corrected chi connectivity index (χ4v) is 2.54. The van der Waals surface area contributed by atoms with Crippen molar-refractivity contribution in [2.75, 3.05) is 6.54 Å². The van der Waals surface area contributed by atoms with E-state index in [0.29, 0.717) is 13.0 Å². The van der Waals surface area contributed by atoms with Crippen LogP contribution in [0, 0.1) is 6.92 Å². The maximum absolute atomic E-state index is 12.0. The van der Waals surface area contributed by atoms with E-state index in [4.69, 9.17) is 0 Å². The maximum Gasteiger partial charge on any atom is 0.224 e. The summed E-state index contributed by atoms with van der Waals surface area (Å²) < 4.78 is 1.83. The van der Waals surface area contributed by atoms with Gasteiger partial charge in [0.05, 0.1) is 12.1 Å². The van der Waals surface area contributed by atoms with Crippen molar-refractivity contribution in [3.05, 3.63) is 83.7 Å². The number of hydrogen-bond acceptors (Lipinski definition) is 2. The lowest BCUT2D eigenvalue weighted by molar-refractivity contribution is -0.120. The Morgan fingerprint density at radius 2 is 1.75 bits per heavy atom. The highest BCUT2D eigenvalue weighted by Crippen LogP contribution is 2.09. The standard InChI is InChI=1S/C20H21N3O/c1-16-3-5-18(6-4-16)15-20(24)21-13-11-17-7-9-19(10-8-17)23-14-2-12-22-23/h2-10,12,14H,11,13,15H2,1H3,(H,21,24). The van der Waals surface area contributed by atoms with Gasteiger partial charge in [-0.25, -0.2) is 4.68 Å². The topological polar surface area (TPSA) is 46.9 Å². The van der Waals surface area contributed by atoms with Crippen molar-refractivity contribution in [3.8, 4) is 5.69 Å². The van der Waals surface area contributed by atoms with Crippen molar-refractivity contribution in [1.29, 1.82) is 0 Å². The highest BCUT2D eigenvalue weighted by molar-refractivity contribution is 5.78. The van der Waals surface area contributed by atoms with E-state index < -0.39 is 0 Å². The SMILES string of the molecule is Cc1ccc(CC(=O)NCCc2ccc(-n3cccn3)cc2)cc1. The number of aryl methyl sites for hydroxylation is 1. The van der Waals surface area contributed by atoms with Crippen molar-refractivity contribution in [3.63, 3.8) is 0 Å².